The Kier molecular flexibility index (Phi) is 5.27. The lowest BCUT2D eigenvalue weighted by Crippen LogP contribution is -2.24. The Morgan fingerprint density at radius 3 is 2.55 bits per heavy atom. The molecule has 0 aliphatic carbocycles. The predicted octanol–water partition coefficient (Wildman–Crippen LogP) is 4.37. The second-order valence-corrected chi connectivity index (χ2v) is 8.06. The van der Waals surface area contributed by atoms with Gasteiger partial charge in [0, 0.05) is 23.4 Å². The lowest BCUT2D eigenvalue weighted by molar-refractivity contribution is -0.118. The number of benzene rings is 2. The molecule has 0 fully saturated rings. The van der Waals surface area contributed by atoms with E-state index in [4.69, 9.17) is 10.7 Å². The molecule has 0 aliphatic rings. The van der Waals surface area contributed by atoms with Crippen LogP contribution >= 0.6 is 11.3 Å². The Balaban J connectivity index is 1.88. The fourth-order valence-corrected chi connectivity index (χ4v) is 4.41. The molecule has 29 heavy (non-hydrogen) atoms. The summed E-state index contributed by atoms with van der Waals surface area (Å²) in [6, 6.07) is 19.8. The molecule has 2 aromatic carbocycles. The number of amides is 1. The zero-order valence-corrected chi connectivity index (χ0v) is 16.9. The molecule has 0 unspecified atom stereocenters. The van der Waals surface area contributed by atoms with Gasteiger partial charge in [0.1, 0.15) is 10.7 Å². The van der Waals surface area contributed by atoms with Crippen molar-refractivity contribution >= 4 is 27.5 Å². The highest BCUT2D eigenvalue weighted by atomic mass is 32.1. The first-order valence-electron chi connectivity index (χ1n) is 9.48. The van der Waals surface area contributed by atoms with Crippen molar-refractivity contribution in [2.45, 2.75) is 26.3 Å². The van der Waals surface area contributed by atoms with Crippen LogP contribution in [0.2, 0.25) is 0 Å². The first-order valence-corrected chi connectivity index (χ1v) is 10.3. The molecule has 2 heterocycles. The first kappa shape index (κ1) is 19.1. The highest BCUT2D eigenvalue weighted by Gasteiger charge is 2.16. The number of fused-ring (bicyclic) bond motifs is 1. The molecule has 2 aromatic heterocycles. The van der Waals surface area contributed by atoms with Crippen LogP contribution in [-0.4, -0.2) is 15.5 Å². The average molecular weight is 404 g/mol. The Labute approximate surface area is 172 Å². The molecule has 4 aromatic rings. The highest BCUT2D eigenvalue weighted by Crippen LogP contribution is 2.32. The number of carbonyl (C=O) groups excluding carboxylic acids is 1. The van der Waals surface area contributed by atoms with Gasteiger partial charge < -0.3 is 5.73 Å². The molecule has 5 nitrogen and oxygen atoms in total. The van der Waals surface area contributed by atoms with Crippen LogP contribution in [0, 0.1) is 6.92 Å². The Morgan fingerprint density at radius 1 is 1.07 bits per heavy atom. The summed E-state index contributed by atoms with van der Waals surface area (Å²) in [5, 5.41) is 0.601. The number of aromatic nitrogens is 2. The van der Waals surface area contributed by atoms with E-state index in [1.54, 1.807) is 4.57 Å². The fourth-order valence-electron chi connectivity index (χ4n) is 3.38. The van der Waals surface area contributed by atoms with E-state index in [0.717, 1.165) is 26.4 Å². The monoisotopic (exact) mass is 403 g/mol. The normalized spacial score (nSPS) is 11.1. The third-order valence-corrected chi connectivity index (χ3v) is 5.87. The largest absolute Gasteiger partial charge is 0.370 e. The molecule has 0 spiro atoms. The summed E-state index contributed by atoms with van der Waals surface area (Å²) in [4.78, 5) is 31.1. The average Bonchev–Trinajstić information content (AvgIpc) is 3.14. The summed E-state index contributed by atoms with van der Waals surface area (Å²) in [6.07, 6.45) is 0.730. The van der Waals surface area contributed by atoms with Gasteiger partial charge in [-0.3, -0.25) is 14.2 Å². The number of hydrogen-bond acceptors (Lipinski definition) is 4. The summed E-state index contributed by atoms with van der Waals surface area (Å²) < 4.78 is 1.67. The zero-order valence-electron chi connectivity index (χ0n) is 16.1. The van der Waals surface area contributed by atoms with Gasteiger partial charge in [-0.2, -0.15) is 0 Å². The van der Waals surface area contributed by atoms with Crippen molar-refractivity contribution in [3.63, 3.8) is 0 Å². The van der Waals surface area contributed by atoms with Crippen molar-refractivity contribution in [2.24, 2.45) is 5.73 Å². The van der Waals surface area contributed by atoms with Crippen LogP contribution in [0.5, 0.6) is 0 Å². The van der Waals surface area contributed by atoms with E-state index in [1.165, 1.54) is 11.3 Å². The number of thiophene rings is 1. The fraction of sp³-hybridized carbons (Fsp3) is 0.174. The minimum atomic E-state index is -0.369. The van der Waals surface area contributed by atoms with Crippen molar-refractivity contribution in [1.82, 2.24) is 9.55 Å². The summed E-state index contributed by atoms with van der Waals surface area (Å²) in [5.41, 5.74) is 8.24. The van der Waals surface area contributed by atoms with Crippen LogP contribution in [0.3, 0.4) is 0 Å². The molecule has 0 radical (unpaired) electrons. The molecule has 6 heteroatoms. The van der Waals surface area contributed by atoms with Crippen molar-refractivity contribution in [3.8, 4) is 21.8 Å². The van der Waals surface area contributed by atoms with Crippen LogP contribution in [0.25, 0.3) is 32.0 Å². The maximum absolute atomic E-state index is 13.3. The number of nitrogens with zero attached hydrogens (tertiary/aromatic N) is 2. The zero-order chi connectivity index (χ0) is 20.4. The molecule has 0 aliphatic heterocycles. The maximum atomic E-state index is 13.3. The molecular formula is C23H21N3O2S. The van der Waals surface area contributed by atoms with Crippen molar-refractivity contribution < 1.29 is 4.79 Å². The van der Waals surface area contributed by atoms with Crippen molar-refractivity contribution in [3.05, 3.63) is 76.6 Å². The molecule has 1 amide bonds. The smallest absolute Gasteiger partial charge is 0.262 e. The van der Waals surface area contributed by atoms with E-state index in [9.17, 15) is 9.59 Å². The van der Waals surface area contributed by atoms with Crippen molar-refractivity contribution in [1.29, 1.82) is 0 Å². The molecular weight excluding hydrogens is 382 g/mol. The molecule has 0 saturated carbocycles. The van der Waals surface area contributed by atoms with Crippen LogP contribution in [0.4, 0.5) is 0 Å². The Morgan fingerprint density at radius 2 is 1.83 bits per heavy atom. The minimum Gasteiger partial charge on any atom is -0.370 e. The second kappa shape index (κ2) is 8.01. The molecule has 0 saturated heterocycles. The van der Waals surface area contributed by atoms with Gasteiger partial charge in [0.25, 0.3) is 5.56 Å². The second-order valence-electron chi connectivity index (χ2n) is 7.03. The van der Waals surface area contributed by atoms with E-state index in [2.05, 4.69) is 0 Å². The summed E-state index contributed by atoms with van der Waals surface area (Å²) in [6.45, 7) is 2.40. The Hall–Kier alpha value is -3.25. The quantitative estimate of drug-likeness (QED) is 0.519. The number of nitrogens with two attached hydrogens (primary N) is 1. The number of aryl methyl sites for hydroxylation is 1. The van der Waals surface area contributed by atoms with Gasteiger partial charge in [-0.25, -0.2) is 4.98 Å². The SMILES string of the molecule is Cc1cccc(-c2nc3sc(-c4ccccc4)cc3c(=O)n2CCCC(N)=O)c1. The van der Waals surface area contributed by atoms with Gasteiger partial charge in [0.2, 0.25) is 5.91 Å². The van der Waals surface area contributed by atoms with Gasteiger partial charge in [0.15, 0.2) is 0 Å². The molecule has 0 bridgehead atoms. The van der Waals surface area contributed by atoms with Crippen molar-refractivity contribution in [2.75, 3.05) is 0 Å². The van der Waals surface area contributed by atoms with E-state index in [0.29, 0.717) is 24.2 Å². The van der Waals surface area contributed by atoms with E-state index >= 15 is 0 Å². The van der Waals surface area contributed by atoms with Crippen LogP contribution in [-0.2, 0) is 11.3 Å². The van der Waals surface area contributed by atoms with Gasteiger partial charge in [0.05, 0.1) is 5.39 Å². The number of primary amides is 1. The number of carbonyl (C=O) groups is 1. The van der Waals surface area contributed by atoms with Gasteiger partial charge >= 0.3 is 0 Å². The van der Waals surface area contributed by atoms with Gasteiger partial charge in [-0.05, 0) is 31.0 Å². The molecule has 4 rings (SSSR count). The van der Waals surface area contributed by atoms with E-state index in [1.807, 2.05) is 67.6 Å². The Bertz CT molecular complexity index is 1240. The minimum absolute atomic E-state index is 0.0885. The lowest BCUT2D eigenvalue weighted by Gasteiger charge is -2.12. The third kappa shape index (κ3) is 3.98. The van der Waals surface area contributed by atoms with Gasteiger partial charge in [-0.15, -0.1) is 11.3 Å². The number of rotatable bonds is 6. The lowest BCUT2D eigenvalue weighted by atomic mass is 10.1. The van der Waals surface area contributed by atoms with Crippen LogP contribution in [0.1, 0.15) is 18.4 Å². The van der Waals surface area contributed by atoms with E-state index in [-0.39, 0.29) is 17.9 Å². The van der Waals surface area contributed by atoms with E-state index < -0.39 is 0 Å². The maximum Gasteiger partial charge on any atom is 0.262 e. The molecule has 2 N–H and O–H groups in total. The van der Waals surface area contributed by atoms with Gasteiger partial charge in [-0.1, -0.05) is 54.1 Å². The first-order chi connectivity index (χ1) is 14.0. The summed E-state index contributed by atoms with van der Waals surface area (Å²) in [5.74, 6) is 0.253. The summed E-state index contributed by atoms with van der Waals surface area (Å²) >= 11 is 1.52. The number of hydrogen-bond donors (Lipinski definition) is 1. The van der Waals surface area contributed by atoms with Crippen LogP contribution < -0.4 is 11.3 Å². The highest BCUT2D eigenvalue weighted by molar-refractivity contribution is 7.21. The summed E-state index contributed by atoms with van der Waals surface area (Å²) in [7, 11) is 0. The third-order valence-electron chi connectivity index (χ3n) is 4.79. The topological polar surface area (TPSA) is 78.0 Å². The molecule has 0 atom stereocenters. The standard InChI is InChI=1S/C23H21N3O2S/c1-15-7-5-10-17(13-15)21-25-22-18(23(28)26(21)12-6-11-20(24)27)14-19(29-22)16-8-3-2-4-9-16/h2-5,7-10,13-14H,6,11-12H2,1H3,(H2,24,27). The molecule has 146 valence electrons. The predicted molar refractivity (Wildman–Crippen MR) is 118 cm³/mol. The van der Waals surface area contributed by atoms with Crippen LogP contribution in [0.15, 0.2) is 65.5 Å².